The molecule has 2 aromatic carbocycles. The Kier molecular flexibility index (Phi) is 7.26. The van der Waals surface area contributed by atoms with Crippen molar-refractivity contribution in [2.24, 2.45) is 0 Å². The largest absolute Gasteiger partial charge is 0.497 e. The quantitative estimate of drug-likeness (QED) is 0.366. The molecule has 3 amide bonds. The van der Waals surface area contributed by atoms with Crippen LogP contribution in [0.15, 0.2) is 46.8 Å². The molecular formula is C20H21N5O3S2. The topological polar surface area (TPSA) is 105 Å². The molecule has 3 aromatic rings. The van der Waals surface area contributed by atoms with Crippen molar-refractivity contribution < 1.29 is 14.3 Å². The third-order valence-electron chi connectivity index (χ3n) is 3.96. The molecule has 3 N–H and O–H groups in total. The number of amides is 3. The number of carbonyl (C=O) groups excluding carboxylic acids is 2. The Morgan fingerprint density at radius 2 is 1.80 bits per heavy atom. The fourth-order valence-electron chi connectivity index (χ4n) is 2.52. The van der Waals surface area contributed by atoms with Crippen LogP contribution >= 0.6 is 23.1 Å². The van der Waals surface area contributed by atoms with Gasteiger partial charge in [0.1, 0.15) is 5.75 Å². The summed E-state index contributed by atoms with van der Waals surface area (Å²) in [6, 6.07) is 12.4. The van der Waals surface area contributed by atoms with Gasteiger partial charge >= 0.3 is 6.03 Å². The molecule has 30 heavy (non-hydrogen) atoms. The van der Waals surface area contributed by atoms with Crippen molar-refractivity contribution in [2.75, 3.05) is 28.8 Å². The van der Waals surface area contributed by atoms with Gasteiger partial charge in [-0.1, -0.05) is 40.8 Å². The lowest BCUT2D eigenvalue weighted by Gasteiger charge is -2.08. The molecule has 0 saturated heterocycles. The van der Waals surface area contributed by atoms with E-state index in [9.17, 15) is 9.59 Å². The molecular weight excluding hydrogens is 422 g/mol. The maximum atomic E-state index is 12.2. The molecule has 0 unspecified atom stereocenters. The highest BCUT2D eigenvalue weighted by Crippen LogP contribution is 2.26. The lowest BCUT2D eigenvalue weighted by molar-refractivity contribution is -0.113. The highest BCUT2D eigenvalue weighted by atomic mass is 32.2. The Bertz CT molecular complexity index is 1040. The first kappa shape index (κ1) is 21.6. The standard InChI is InChI=1S/C20H21N5O3S2/c1-12-4-9-16(13(2)10-12)22-17(26)11-29-20-25-24-19(30-20)23-18(27)21-14-5-7-15(28-3)8-6-14/h4-10H,11H2,1-3H3,(H,22,26)(H2,21,23,24,27). The second kappa shape index (κ2) is 10.1. The van der Waals surface area contributed by atoms with Crippen LogP contribution in [0.4, 0.5) is 21.3 Å². The molecule has 8 nitrogen and oxygen atoms in total. The zero-order valence-electron chi connectivity index (χ0n) is 16.7. The van der Waals surface area contributed by atoms with Crippen LogP contribution in [-0.2, 0) is 4.79 Å². The maximum Gasteiger partial charge on any atom is 0.325 e. The number of aryl methyl sites for hydroxylation is 2. The van der Waals surface area contributed by atoms with Crippen LogP contribution in [0.1, 0.15) is 11.1 Å². The van der Waals surface area contributed by atoms with Crippen LogP contribution in [0.3, 0.4) is 0 Å². The van der Waals surface area contributed by atoms with Crippen molar-refractivity contribution in [1.82, 2.24) is 10.2 Å². The van der Waals surface area contributed by atoms with Gasteiger partial charge in [0.25, 0.3) is 0 Å². The minimum atomic E-state index is -0.430. The van der Waals surface area contributed by atoms with Gasteiger partial charge in [0, 0.05) is 11.4 Å². The smallest absolute Gasteiger partial charge is 0.325 e. The van der Waals surface area contributed by atoms with Gasteiger partial charge in [-0.05, 0) is 49.7 Å². The first-order valence-corrected chi connectivity index (χ1v) is 10.8. The predicted octanol–water partition coefficient (Wildman–Crippen LogP) is 4.54. The maximum absolute atomic E-state index is 12.2. The fourth-order valence-corrected chi connectivity index (χ4v) is 4.07. The minimum Gasteiger partial charge on any atom is -0.497 e. The summed E-state index contributed by atoms with van der Waals surface area (Å²) in [7, 11) is 1.58. The third-order valence-corrected chi connectivity index (χ3v) is 5.93. The molecule has 0 spiro atoms. The highest BCUT2D eigenvalue weighted by molar-refractivity contribution is 8.01. The van der Waals surface area contributed by atoms with E-state index < -0.39 is 6.03 Å². The summed E-state index contributed by atoms with van der Waals surface area (Å²) in [4.78, 5) is 24.3. The fraction of sp³-hybridized carbons (Fsp3) is 0.200. The number of rotatable bonds is 7. The zero-order valence-corrected chi connectivity index (χ0v) is 18.3. The summed E-state index contributed by atoms with van der Waals surface area (Å²) in [5.41, 5.74) is 3.57. The summed E-state index contributed by atoms with van der Waals surface area (Å²) in [5, 5.41) is 16.5. The number of methoxy groups -OCH3 is 1. The average molecular weight is 444 g/mol. The van der Waals surface area contributed by atoms with E-state index in [1.54, 1.807) is 31.4 Å². The second-order valence-corrected chi connectivity index (χ2v) is 8.54. The molecule has 1 heterocycles. The monoisotopic (exact) mass is 443 g/mol. The average Bonchev–Trinajstić information content (AvgIpc) is 3.16. The number of thioether (sulfide) groups is 1. The molecule has 10 heteroatoms. The third kappa shape index (κ3) is 6.19. The number of ether oxygens (including phenoxy) is 1. The number of nitrogens with zero attached hydrogens (tertiary/aromatic N) is 2. The van der Waals surface area contributed by atoms with E-state index in [0.29, 0.717) is 20.9 Å². The van der Waals surface area contributed by atoms with Crippen molar-refractivity contribution in [3.05, 3.63) is 53.6 Å². The van der Waals surface area contributed by atoms with Crippen LogP contribution in [0.25, 0.3) is 0 Å². The van der Waals surface area contributed by atoms with Crippen molar-refractivity contribution in [3.63, 3.8) is 0 Å². The van der Waals surface area contributed by atoms with Crippen LogP contribution in [0.2, 0.25) is 0 Å². The highest BCUT2D eigenvalue weighted by Gasteiger charge is 2.11. The first-order chi connectivity index (χ1) is 14.4. The number of aromatic nitrogens is 2. The van der Waals surface area contributed by atoms with Gasteiger partial charge in [-0.3, -0.25) is 10.1 Å². The van der Waals surface area contributed by atoms with Gasteiger partial charge in [0.2, 0.25) is 11.0 Å². The predicted molar refractivity (Wildman–Crippen MR) is 121 cm³/mol. The lowest BCUT2D eigenvalue weighted by atomic mass is 10.1. The van der Waals surface area contributed by atoms with Gasteiger partial charge in [0.05, 0.1) is 12.9 Å². The molecule has 0 aliphatic carbocycles. The van der Waals surface area contributed by atoms with E-state index in [2.05, 4.69) is 26.1 Å². The van der Waals surface area contributed by atoms with Gasteiger partial charge in [-0.15, -0.1) is 10.2 Å². The molecule has 0 bridgehead atoms. The van der Waals surface area contributed by atoms with Gasteiger partial charge < -0.3 is 15.4 Å². The molecule has 1 aromatic heterocycles. The van der Waals surface area contributed by atoms with E-state index in [1.807, 2.05) is 32.0 Å². The number of urea groups is 1. The van der Waals surface area contributed by atoms with E-state index in [0.717, 1.165) is 16.8 Å². The Morgan fingerprint density at radius 1 is 1.03 bits per heavy atom. The molecule has 0 aliphatic heterocycles. The molecule has 0 fully saturated rings. The Hall–Kier alpha value is -3.11. The lowest BCUT2D eigenvalue weighted by Crippen LogP contribution is -2.19. The molecule has 0 radical (unpaired) electrons. The van der Waals surface area contributed by atoms with Gasteiger partial charge in [-0.25, -0.2) is 4.79 Å². The molecule has 0 saturated carbocycles. The summed E-state index contributed by atoms with van der Waals surface area (Å²) in [6.45, 7) is 3.96. The Labute approximate surface area is 182 Å². The minimum absolute atomic E-state index is 0.131. The van der Waals surface area contributed by atoms with E-state index >= 15 is 0 Å². The second-order valence-electron chi connectivity index (χ2n) is 6.34. The zero-order chi connectivity index (χ0) is 21.5. The summed E-state index contributed by atoms with van der Waals surface area (Å²) in [6.07, 6.45) is 0. The van der Waals surface area contributed by atoms with Gasteiger partial charge in [-0.2, -0.15) is 0 Å². The van der Waals surface area contributed by atoms with E-state index in [-0.39, 0.29) is 11.7 Å². The summed E-state index contributed by atoms with van der Waals surface area (Å²) < 4.78 is 5.67. The summed E-state index contributed by atoms with van der Waals surface area (Å²) >= 11 is 2.46. The number of carbonyl (C=O) groups is 2. The van der Waals surface area contributed by atoms with Crippen LogP contribution < -0.4 is 20.7 Å². The van der Waals surface area contributed by atoms with E-state index in [4.69, 9.17) is 4.74 Å². The normalized spacial score (nSPS) is 10.4. The molecule has 3 rings (SSSR count). The number of hydrogen-bond donors (Lipinski definition) is 3. The molecule has 156 valence electrons. The number of nitrogens with one attached hydrogen (secondary N) is 3. The number of benzene rings is 2. The van der Waals surface area contributed by atoms with Gasteiger partial charge in [0.15, 0.2) is 4.34 Å². The first-order valence-electron chi connectivity index (χ1n) is 8.98. The van der Waals surface area contributed by atoms with Crippen LogP contribution in [0.5, 0.6) is 5.75 Å². The molecule has 0 aliphatic rings. The number of anilines is 3. The van der Waals surface area contributed by atoms with Crippen molar-refractivity contribution in [1.29, 1.82) is 0 Å². The van der Waals surface area contributed by atoms with Crippen LogP contribution in [-0.4, -0.2) is 35.0 Å². The van der Waals surface area contributed by atoms with Crippen molar-refractivity contribution >= 4 is 51.5 Å². The molecule has 0 atom stereocenters. The Balaban J connectivity index is 1.47. The van der Waals surface area contributed by atoms with Crippen LogP contribution in [0, 0.1) is 13.8 Å². The number of hydrogen-bond acceptors (Lipinski definition) is 7. The Morgan fingerprint density at radius 3 is 2.50 bits per heavy atom. The van der Waals surface area contributed by atoms with Crippen molar-refractivity contribution in [2.45, 2.75) is 18.2 Å². The SMILES string of the molecule is COc1ccc(NC(=O)Nc2nnc(SCC(=O)Nc3ccc(C)cc3C)s2)cc1. The summed E-state index contributed by atoms with van der Waals surface area (Å²) in [5.74, 6) is 0.766. The van der Waals surface area contributed by atoms with E-state index in [1.165, 1.54) is 23.1 Å². The van der Waals surface area contributed by atoms with Crippen molar-refractivity contribution in [3.8, 4) is 5.75 Å².